The van der Waals surface area contributed by atoms with E-state index in [-0.39, 0.29) is 12.5 Å². The van der Waals surface area contributed by atoms with E-state index in [0.29, 0.717) is 29.1 Å². The summed E-state index contributed by atoms with van der Waals surface area (Å²) in [4.78, 5) is 12.3. The Morgan fingerprint density at radius 2 is 1.66 bits per heavy atom. The highest BCUT2D eigenvalue weighted by molar-refractivity contribution is 9.10. The monoisotopic (exact) mass is 498 g/mol. The van der Waals surface area contributed by atoms with Crippen LogP contribution in [-0.2, 0) is 17.9 Å². The first-order valence-corrected chi connectivity index (χ1v) is 11.0. The van der Waals surface area contributed by atoms with Crippen LogP contribution in [0.25, 0.3) is 0 Å². The predicted octanol–water partition coefficient (Wildman–Crippen LogP) is 5.08. The van der Waals surface area contributed by atoms with Gasteiger partial charge >= 0.3 is 0 Å². The molecule has 6 nitrogen and oxygen atoms in total. The predicted molar refractivity (Wildman–Crippen MR) is 130 cm³/mol. The lowest BCUT2D eigenvalue weighted by molar-refractivity contribution is -0.118. The van der Waals surface area contributed by atoms with Gasteiger partial charge in [-0.2, -0.15) is 0 Å². The van der Waals surface area contributed by atoms with Crippen LogP contribution < -0.4 is 24.8 Å². The van der Waals surface area contributed by atoms with Gasteiger partial charge in [-0.3, -0.25) is 4.79 Å². The van der Waals surface area contributed by atoms with Crippen LogP contribution in [0.5, 0.6) is 17.2 Å². The van der Waals surface area contributed by atoms with Crippen molar-refractivity contribution in [3.8, 4) is 17.2 Å². The number of amides is 1. The zero-order valence-corrected chi connectivity index (χ0v) is 20.0. The molecule has 0 aliphatic rings. The molecule has 0 spiro atoms. The second kappa shape index (κ2) is 11.5. The maximum atomic E-state index is 12.3. The Morgan fingerprint density at radius 1 is 0.938 bits per heavy atom. The minimum absolute atomic E-state index is 0.131. The largest absolute Gasteiger partial charge is 0.496 e. The Morgan fingerprint density at radius 3 is 2.38 bits per heavy atom. The molecule has 3 aromatic rings. The molecule has 3 aromatic carbocycles. The molecule has 1 amide bonds. The summed E-state index contributed by atoms with van der Waals surface area (Å²) in [5, 5.41) is 6.23. The molecular weight excluding hydrogens is 472 g/mol. The van der Waals surface area contributed by atoms with Crippen LogP contribution in [0.3, 0.4) is 0 Å². The van der Waals surface area contributed by atoms with Crippen LogP contribution in [0, 0.1) is 6.92 Å². The number of para-hydroxylation sites is 1. The molecule has 7 heteroatoms. The summed E-state index contributed by atoms with van der Waals surface area (Å²) < 4.78 is 17.4. The Labute approximate surface area is 197 Å². The molecule has 32 heavy (non-hydrogen) atoms. The first kappa shape index (κ1) is 23.6. The number of anilines is 1. The number of carbonyl (C=O) groups excluding carboxylic acids is 1. The number of hydrogen-bond acceptors (Lipinski definition) is 5. The number of rotatable bonds is 10. The molecule has 0 fully saturated rings. The highest BCUT2D eigenvalue weighted by Gasteiger charge is 2.14. The summed E-state index contributed by atoms with van der Waals surface area (Å²) in [5.74, 6) is 1.65. The first-order chi connectivity index (χ1) is 15.5. The topological polar surface area (TPSA) is 68.8 Å². The summed E-state index contributed by atoms with van der Waals surface area (Å²) >= 11 is 3.54. The van der Waals surface area contributed by atoms with Gasteiger partial charge in [-0.1, -0.05) is 35.9 Å². The van der Waals surface area contributed by atoms with Crippen molar-refractivity contribution in [1.29, 1.82) is 0 Å². The number of halogens is 1. The summed E-state index contributed by atoms with van der Waals surface area (Å²) in [7, 11) is 3.24. The molecule has 0 aliphatic carbocycles. The molecule has 3 rings (SSSR count). The van der Waals surface area contributed by atoms with Gasteiger partial charge in [-0.25, -0.2) is 0 Å². The first-order valence-electron chi connectivity index (χ1n) is 10.2. The third-order valence-electron chi connectivity index (χ3n) is 4.81. The van der Waals surface area contributed by atoms with Crippen LogP contribution in [0.15, 0.2) is 65.1 Å². The van der Waals surface area contributed by atoms with Gasteiger partial charge in [-0.05, 0) is 58.7 Å². The lowest BCUT2D eigenvalue weighted by atomic mass is 10.1. The molecule has 0 saturated heterocycles. The van der Waals surface area contributed by atoms with Crippen molar-refractivity contribution in [1.82, 2.24) is 5.32 Å². The fourth-order valence-corrected chi connectivity index (χ4v) is 3.78. The number of hydrogen-bond donors (Lipinski definition) is 2. The van der Waals surface area contributed by atoms with Crippen molar-refractivity contribution in [3.63, 3.8) is 0 Å². The molecule has 0 atom stereocenters. The Balaban J connectivity index is 1.59. The number of ether oxygens (including phenoxy) is 3. The summed E-state index contributed by atoms with van der Waals surface area (Å²) in [5.41, 5.74) is 3.96. The summed E-state index contributed by atoms with van der Waals surface area (Å²) in [6, 6.07) is 19.3. The van der Waals surface area contributed by atoms with Gasteiger partial charge in [0.1, 0.15) is 5.75 Å². The number of benzene rings is 3. The van der Waals surface area contributed by atoms with Crippen molar-refractivity contribution >= 4 is 27.5 Å². The van der Waals surface area contributed by atoms with Gasteiger partial charge in [-0.15, -0.1) is 0 Å². The van der Waals surface area contributed by atoms with Gasteiger partial charge in [0.15, 0.2) is 18.1 Å². The van der Waals surface area contributed by atoms with Crippen LogP contribution >= 0.6 is 15.9 Å². The van der Waals surface area contributed by atoms with E-state index < -0.39 is 0 Å². The fourth-order valence-electron chi connectivity index (χ4n) is 3.18. The number of nitrogens with one attached hydrogen (secondary N) is 2. The average Bonchev–Trinajstić information content (AvgIpc) is 2.80. The van der Waals surface area contributed by atoms with E-state index in [2.05, 4.69) is 26.6 Å². The molecule has 0 aliphatic heterocycles. The quantitative estimate of drug-likeness (QED) is 0.407. The van der Waals surface area contributed by atoms with Gasteiger partial charge in [0, 0.05) is 24.3 Å². The molecular formula is C25H27BrN2O4. The number of aryl methyl sites for hydroxylation is 1. The van der Waals surface area contributed by atoms with Gasteiger partial charge in [0.25, 0.3) is 5.91 Å². The zero-order chi connectivity index (χ0) is 22.9. The van der Waals surface area contributed by atoms with E-state index >= 15 is 0 Å². The van der Waals surface area contributed by atoms with E-state index in [0.717, 1.165) is 28.1 Å². The molecule has 0 unspecified atom stereocenters. The number of methoxy groups -OCH3 is 2. The summed E-state index contributed by atoms with van der Waals surface area (Å²) in [6.45, 7) is 3.16. The normalized spacial score (nSPS) is 10.5. The van der Waals surface area contributed by atoms with Crippen molar-refractivity contribution in [3.05, 3.63) is 81.8 Å². The molecule has 2 N–H and O–H groups in total. The van der Waals surface area contributed by atoms with Crippen molar-refractivity contribution in [2.75, 3.05) is 26.1 Å². The standard InChI is InChI=1S/C25H27BrN2O4/c1-17-8-10-20(11-9-17)28-24(29)16-32-25-21(26)12-18(13-23(25)31-3)14-27-15-19-6-4-5-7-22(19)30-2/h4-13,27H,14-16H2,1-3H3,(H,28,29). The van der Waals surface area contributed by atoms with E-state index in [1.807, 2.05) is 67.6 Å². The van der Waals surface area contributed by atoms with Crippen molar-refractivity contribution in [2.45, 2.75) is 20.0 Å². The van der Waals surface area contributed by atoms with Gasteiger partial charge in [0.2, 0.25) is 0 Å². The van der Waals surface area contributed by atoms with Gasteiger partial charge < -0.3 is 24.8 Å². The summed E-state index contributed by atoms with van der Waals surface area (Å²) in [6.07, 6.45) is 0. The Kier molecular flexibility index (Phi) is 8.53. The van der Waals surface area contributed by atoms with Crippen molar-refractivity contribution < 1.29 is 19.0 Å². The van der Waals surface area contributed by atoms with E-state index in [4.69, 9.17) is 14.2 Å². The zero-order valence-electron chi connectivity index (χ0n) is 18.4. The minimum atomic E-state index is -0.245. The van der Waals surface area contributed by atoms with Gasteiger partial charge in [0.05, 0.1) is 18.7 Å². The third kappa shape index (κ3) is 6.48. The smallest absolute Gasteiger partial charge is 0.262 e. The highest BCUT2D eigenvalue weighted by Crippen LogP contribution is 2.36. The molecule has 0 radical (unpaired) electrons. The fraction of sp³-hybridized carbons (Fsp3) is 0.240. The molecule has 0 saturated carbocycles. The Bertz CT molecular complexity index is 1050. The Hall–Kier alpha value is -3.03. The second-order valence-electron chi connectivity index (χ2n) is 7.23. The van der Waals surface area contributed by atoms with Crippen molar-refractivity contribution in [2.24, 2.45) is 0 Å². The highest BCUT2D eigenvalue weighted by atomic mass is 79.9. The van der Waals surface area contributed by atoms with E-state index in [1.54, 1.807) is 14.2 Å². The van der Waals surface area contributed by atoms with Crippen LogP contribution in [0.4, 0.5) is 5.69 Å². The molecule has 0 bridgehead atoms. The SMILES string of the molecule is COc1ccccc1CNCc1cc(Br)c(OCC(=O)Nc2ccc(C)cc2)c(OC)c1. The third-order valence-corrected chi connectivity index (χ3v) is 5.40. The molecule has 0 heterocycles. The molecule has 168 valence electrons. The van der Waals surface area contributed by atoms with Crippen LogP contribution in [0.1, 0.15) is 16.7 Å². The minimum Gasteiger partial charge on any atom is -0.496 e. The lowest BCUT2D eigenvalue weighted by Gasteiger charge is -2.15. The molecule has 0 aromatic heterocycles. The lowest BCUT2D eigenvalue weighted by Crippen LogP contribution is -2.20. The maximum Gasteiger partial charge on any atom is 0.262 e. The van der Waals surface area contributed by atoms with Crippen LogP contribution in [0.2, 0.25) is 0 Å². The number of carbonyl (C=O) groups is 1. The van der Waals surface area contributed by atoms with E-state index in [9.17, 15) is 4.79 Å². The van der Waals surface area contributed by atoms with Crippen LogP contribution in [-0.4, -0.2) is 26.7 Å². The van der Waals surface area contributed by atoms with E-state index in [1.165, 1.54) is 0 Å². The second-order valence-corrected chi connectivity index (χ2v) is 8.08. The maximum absolute atomic E-state index is 12.3. The average molecular weight is 499 g/mol.